The zero-order valence-corrected chi connectivity index (χ0v) is 14.0. The number of halogens is 3. The lowest BCUT2D eigenvalue weighted by molar-refractivity contribution is -0.123. The van der Waals surface area contributed by atoms with Gasteiger partial charge in [0.2, 0.25) is 0 Å². The van der Waals surface area contributed by atoms with Crippen molar-refractivity contribution in [3.05, 3.63) is 63.9 Å². The van der Waals surface area contributed by atoms with E-state index in [2.05, 4.69) is 5.32 Å². The summed E-state index contributed by atoms with van der Waals surface area (Å²) in [4.78, 5) is 35.1. The van der Waals surface area contributed by atoms with Crippen molar-refractivity contribution in [1.29, 1.82) is 0 Å². The highest BCUT2D eigenvalue weighted by Crippen LogP contribution is 2.24. The molecule has 0 aromatic heterocycles. The van der Waals surface area contributed by atoms with Crippen molar-refractivity contribution < 1.29 is 23.5 Å². The van der Waals surface area contributed by atoms with Crippen LogP contribution in [0, 0.1) is 5.82 Å². The van der Waals surface area contributed by atoms with E-state index in [1.807, 2.05) is 5.32 Å². The third-order valence-corrected chi connectivity index (χ3v) is 3.51. The zero-order chi connectivity index (χ0) is 18.4. The summed E-state index contributed by atoms with van der Waals surface area (Å²) >= 11 is 11.7. The minimum Gasteiger partial charge on any atom is -0.452 e. The van der Waals surface area contributed by atoms with Crippen LogP contribution in [0.15, 0.2) is 42.5 Å². The van der Waals surface area contributed by atoms with Crippen molar-refractivity contribution in [1.82, 2.24) is 5.32 Å². The summed E-state index contributed by atoms with van der Waals surface area (Å²) in [6.45, 7) is -0.745. The molecule has 0 aliphatic carbocycles. The summed E-state index contributed by atoms with van der Waals surface area (Å²) in [5, 5.41) is 4.17. The molecule has 0 saturated carbocycles. The van der Waals surface area contributed by atoms with Crippen LogP contribution in [0.1, 0.15) is 10.4 Å². The maximum absolute atomic E-state index is 13.4. The average Bonchev–Trinajstić information content (AvgIpc) is 2.55. The Kier molecular flexibility index (Phi) is 6.32. The Balaban J connectivity index is 1.87. The Morgan fingerprint density at radius 2 is 1.64 bits per heavy atom. The molecule has 2 rings (SSSR count). The quantitative estimate of drug-likeness (QED) is 0.788. The summed E-state index contributed by atoms with van der Waals surface area (Å²) in [5.41, 5.74) is -0.193. The number of carbonyl (C=O) groups is 3. The van der Waals surface area contributed by atoms with E-state index in [1.54, 1.807) is 6.07 Å². The normalized spacial score (nSPS) is 10.0. The monoisotopic (exact) mass is 384 g/mol. The van der Waals surface area contributed by atoms with Crippen molar-refractivity contribution in [3.63, 3.8) is 0 Å². The van der Waals surface area contributed by atoms with Crippen LogP contribution >= 0.6 is 23.2 Å². The van der Waals surface area contributed by atoms with Crippen LogP contribution in [0.5, 0.6) is 0 Å². The lowest BCUT2D eigenvalue weighted by Crippen LogP contribution is -2.37. The van der Waals surface area contributed by atoms with Crippen LogP contribution in [-0.2, 0) is 9.53 Å². The van der Waals surface area contributed by atoms with Crippen molar-refractivity contribution in [3.8, 4) is 0 Å². The lowest BCUT2D eigenvalue weighted by Gasteiger charge is -2.09. The molecule has 25 heavy (non-hydrogen) atoms. The van der Waals surface area contributed by atoms with Gasteiger partial charge in [0.1, 0.15) is 5.82 Å². The summed E-state index contributed by atoms with van der Waals surface area (Å²) in [5.74, 6) is -2.49. The first-order chi connectivity index (χ1) is 11.9. The molecule has 0 heterocycles. The van der Waals surface area contributed by atoms with Crippen LogP contribution in [0.3, 0.4) is 0 Å². The van der Waals surface area contributed by atoms with Crippen LogP contribution in [-0.4, -0.2) is 24.5 Å². The van der Waals surface area contributed by atoms with Crippen LogP contribution in [0.2, 0.25) is 10.0 Å². The highest BCUT2D eigenvalue weighted by molar-refractivity contribution is 6.39. The molecule has 0 bridgehead atoms. The molecule has 0 aliphatic rings. The zero-order valence-electron chi connectivity index (χ0n) is 12.5. The molecular formula is C16H11Cl2FN2O4. The third kappa shape index (κ3) is 5.17. The molecule has 130 valence electrons. The van der Waals surface area contributed by atoms with Gasteiger partial charge in [-0.05, 0) is 24.3 Å². The molecule has 2 N–H and O–H groups in total. The molecule has 0 spiro atoms. The minimum atomic E-state index is -0.970. The second-order valence-corrected chi connectivity index (χ2v) is 5.47. The predicted octanol–water partition coefficient (Wildman–Crippen LogP) is 3.64. The average molecular weight is 385 g/mol. The van der Waals surface area contributed by atoms with E-state index in [0.29, 0.717) is 0 Å². The number of rotatable bonds is 4. The van der Waals surface area contributed by atoms with Crippen LogP contribution in [0.4, 0.5) is 14.9 Å². The Bertz CT molecular complexity index is 809. The Labute approximate surface area is 151 Å². The van der Waals surface area contributed by atoms with Crippen molar-refractivity contribution in [2.24, 2.45) is 0 Å². The van der Waals surface area contributed by atoms with Gasteiger partial charge in [-0.15, -0.1) is 0 Å². The molecule has 0 unspecified atom stereocenters. The van der Waals surface area contributed by atoms with Gasteiger partial charge in [0.25, 0.3) is 5.91 Å². The first-order valence-electron chi connectivity index (χ1n) is 6.85. The standard InChI is InChI=1S/C16H11Cl2FN2O4/c17-9-4-3-5-10(18)14(9)15(23)25-8-13(22)21-16(24)20-12-7-2-1-6-11(12)19/h1-7H,8H2,(H2,20,21,22,24). The smallest absolute Gasteiger partial charge is 0.341 e. The van der Waals surface area contributed by atoms with Gasteiger partial charge in [-0.25, -0.2) is 14.0 Å². The van der Waals surface area contributed by atoms with E-state index in [0.717, 1.165) is 6.07 Å². The molecule has 2 aromatic rings. The Hall–Kier alpha value is -2.64. The maximum Gasteiger partial charge on any atom is 0.341 e. The SMILES string of the molecule is O=C(COC(=O)c1c(Cl)cccc1Cl)NC(=O)Nc1ccccc1F. The number of esters is 1. The van der Waals surface area contributed by atoms with Crippen molar-refractivity contribution in [2.45, 2.75) is 0 Å². The maximum atomic E-state index is 13.4. The fourth-order valence-electron chi connectivity index (χ4n) is 1.77. The van der Waals surface area contributed by atoms with Crippen LogP contribution in [0.25, 0.3) is 0 Å². The van der Waals surface area contributed by atoms with Gasteiger partial charge in [-0.2, -0.15) is 0 Å². The van der Waals surface area contributed by atoms with Crippen LogP contribution < -0.4 is 10.6 Å². The highest BCUT2D eigenvalue weighted by atomic mass is 35.5. The van der Waals surface area contributed by atoms with E-state index in [4.69, 9.17) is 27.9 Å². The van der Waals surface area contributed by atoms with Crippen molar-refractivity contribution in [2.75, 3.05) is 11.9 Å². The molecule has 0 atom stereocenters. The summed E-state index contributed by atoms with van der Waals surface area (Å²) in [6.07, 6.45) is 0. The summed E-state index contributed by atoms with van der Waals surface area (Å²) < 4.78 is 18.1. The molecular weight excluding hydrogens is 374 g/mol. The number of urea groups is 1. The van der Waals surface area contributed by atoms with E-state index < -0.39 is 30.3 Å². The molecule has 2 aromatic carbocycles. The van der Waals surface area contributed by atoms with Gasteiger partial charge in [-0.3, -0.25) is 10.1 Å². The number of imide groups is 1. The van der Waals surface area contributed by atoms with E-state index in [1.165, 1.54) is 30.3 Å². The second kappa shape index (κ2) is 8.46. The molecule has 0 saturated heterocycles. The molecule has 6 nitrogen and oxygen atoms in total. The lowest BCUT2D eigenvalue weighted by atomic mass is 10.2. The van der Waals surface area contributed by atoms with Gasteiger partial charge in [0.05, 0.1) is 21.3 Å². The van der Waals surface area contributed by atoms with Gasteiger partial charge in [0, 0.05) is 0 Å². The first kappa shape index (κ1) is 18.7. The van der Waals surface area contributed by atoms with E-state index in [-0.39, 0.29) is 21.3 Å². The number of anilines is 1. The number of hydrogen-bond donors (Lipinski definition) is 2. The molecule has 9 heteroatoms. The number of nitrogens with one attached hydrogen (secondary N) is 2. The molecule has 3 amide bonds. The van der Waals surface area contributed by atoms with Gasteiger partial charge in [-0.1, -0.05) is 41.4 Å². The first-order valence-corrected chi connectivity index (χ1v) is 7.60. The van der Waals surface area contributed by atoms with Gasteiger partial charge < -0.3 is 10.1 Å². The summed E-state index contributed by atoms with van der Waals surface area (Å²) in [6, 6.07) is 8.87. The largest absolute Gasteiger partial charge is 0.452 e. The number of hydrogen-bond acceptors (Lipinski definition) is 4. The number of carbonyl (C=O) groups excluding carboxylic acids is 3. The number of para-hydroxylation sites is 1. The van der Waals surface area contributed by atoms with Crippen molar-refractivity contribution >= 4 is 46.8 Å². The Morgan fingerprint density at radius 3 is 2.28 bits per heavy atom. The second-order valence-electron chi connectivity index (χ2n) is 4.65. The minimum absolute atomic E-state index is 0.0650. The molecule has 0 radical (unpaired) electrons. The number of benzene rings is 2. The third-order valence-electron chi connectivity index (χ3n) is 2.88. The fraction of sp³-hybridized carbons (Fsp3) is 0.0625. The molecule has 0 aliphatic heterocycles. The van der Waals surface area contributed by atoms with Gasteiger partial charge >= 0.3 is 12.0 Å². The topological polar surface area (TPSA) is 84.5 Å². The van der Waals surface area contributed by atoms with E-state index >= 15 is 0 Å². The number of ether oxygens (including phenoxy) is 1. The summed E-state index contributed by atoms with van der Waals surface area (Å²) in [7, 11) is 0. The predicted molar refractivity (Wildman–Crippen MR) is 90.3 cm³/mol. The number of amides is 3. The fourth-order valence-corrected chi connectivity index (χ4v) is 2.33. The van der Waals surface area contributed by atoms with E-state index in [9.17, 15) is 18.8 Å². The molecule has 0 fully saturated rings. The Morgan fingerprint density at radius 1 is 1.00 bits per heavy atom. The highest BCUT2D eigenvalue weighted by Gasteiger charge is 2.18. The van der Waals surface area contributed by atoms with Gasteiger partial charge in [0.15, 0.2) is 6.61 Å².